The molecule has 1 aromatic heterocycles. The van der Waals surface area contributed by atoms with Gasteiger partial charge in [-0.2, -0.15) is 0 Å². The molecule has 7 heteroatoms. The molecule has 1 aliphatic heterocycles. The second kappa shape index (κ2) is 13.3. The molecule has 174 valence electrons. The number of aryl methyl sites for hydroxylation is 1. The molecule has 1 atom stereocenters. The summed E-state index contributed by atoms with van der Waals surface area (Å²) in [5, 5.41) is 8.22. The van der Waals surface area contributed by atoms with Crippen LogP contribution in [0.2, 0.25) is 0 Å². The molecule has 0 bridgehead atoms. The molecule has 1 aromatic carbocycles. The number of nitrogens with zero attached hydrogens (tertiary/aromatic N) is 3. The number of fused-ring (bicyclic) bond motifs is 1. The number of likely N-dealkylation sites (N-methyl/N-ethyl adjacent to an activating group) is 1. The number of aromatic amines is 1. The summed E-state index contributed by atoms with van der Waals surface area (Å²) in [4.78, 5) is 13.4. The van der Waals surface area contributed by atoms with E-state index < -0.39 is 0 Å². The van der Waals surface area contributed by atoms with Crippen molar-refractivity contribution in [1.29, 1.82) is 0 Å². The number of guanidine groups is 1. The smallest absolute Gasteiger partial charge is 0.191 e. The average molecular weight is 541 g/mol. The highest BCUT2D eigenvalue weighted by molar-refractivity contribution is 14.0. The van der Waals surface area contributed by atoms with E-state index in [1.807, 2.05) is 0 Å². The largest absolute Gasteiger partial charge is 0.361 e. The SMILES string of the molecule is CCNC(=NCC(C)CN1CCN(CC)CC1)NCCc1c[nH]c2cc(C)ccc12.I. The second-order valence-corrected chi connectivity index (χ2v) is 8.60. The van der Waals surface area contributed by atoms with Crippen molar-refractivity contribution in [2.24, 2.45) is 10.9 Å². The molecule has 0 aliphatic carbocycles. The van der Waals surface area contributed by atoms with Gasteiger partial charge in [-0.25, -0.2) is 0 Å². The molecule has 0 spiro atoms. The molecule has 1 unspecified atom stereocenters. The van der Waals surface area contributed by atoms with Gasteiger partial charge in [-0.1, -0.05) is 26.0 Å². The fourth-order valence-corrected chi connectivity index (χ4v) is 4.20. The lowest BCUT2D eigenvalue weighted by Crippen LogP contribution is -2.47. The van der Waals surface area contributed by atoms with Crippen LogP contribution in [-0.2, 0) is 6.42 Å². The molecule has 0 amide bonds. The highest BCUT2D eigenvalue weighted by Crippen LogP contribution is 2.19. The van der Waals surface area contributed by atoms with Crippen LogP contribution in [0, 0.1) is 12.8 Å². The van der Waals surface area contributed by atoms with Gasteiger partial charge in [-0.15, -0.1) is 24.0 Å². The van der Waals surface area contributed by atoms with Crippen LogP contribution >= 0.6 is 24.0 Å². The number of hydrogen-bond acceptors (Lipinski definition) is 3. The molecule has 0 radical (unpaired) electrons. The monoisotopic (exact) mass is 540 g/mol. The minimum absolute atomic E-state index is 0. The Morgan fingerprint density at radius 3 is 2.58 bits per heavy atom. The van der Waals surface area contributed by atoms with E-state index in [1.165, 1.54) is 54.8 Å². The lowest BCUT2D eigenvalue weighted by atomic mass is 10.1. The van der Waals surface area contributed by atoms with Crippen molar-refractivity contribution in [2.75, 3.05) is 58.9 Å². The van der Waals surface area contributed by atoms with E-state index in [0.717, 1.165) is 38.6 Å². The van der Waals surface area contributed by atoms with E-state index in [1.54, 1.807) is 0 Å². The molecule has 1 saturated heterocycles. The summed E-state index contributed by atoms with van der Waals surface area (Å²) < 4.78 is 0. The Labute approximate surface area is 205 Å². The maximum absolute atomic E-state index is 4.85. The van der Waals surface area contributed by atoms with Crippen molar-refractivity contribution < 1.29 is 0 Å². The Bertz CT molecular complexity index is 810. The molecule has 3 rings (SSSR count). The van der Waals surface area contributed by atoms with Crippen molar-refractivity contribution in [1.82, 2.24) is 25.4 Å². The summed E-state index contributed by atoms with van der Waals surface area (Å²) in [5.74, 6) is 1.49. The summed E-state index contributed by atoms with van der Waals surface area (Å²) in [6.45, 7) is 18.5. The molecular formula is C24H41IN6. The van der Waals surface area contributed by atoms with Crippen LogP contribution in [-0.4, -0.2) is 79.6 Å². The Kier molecular flexibility index (Phi) is 11.1. The standard InChI is InChI=1S/C24H40N6.HI/c1-5-25-24(28-16-20(4)18-30-13-11-29(6-2)12-14-30)26-10-9-21-17-27-23-15-19(3)7-8-22(21)23;/h7-8,15,17,20,27H,5-6,9-14,16,18H2,1-4H3,(H2,25,26,28);1H. The molecule has 31 heavy (non-hydrogen) atoms. The summed E-state index contributed by atoms with van der Waals surface area (Å²) in [7, 11) is 0. The van der Waals surface area contributed by atoms with E-state index in [2.05, 4.69) is 77.5 Å². The first kappa shape index (κ1) is 25.9. The number of piperazine rings is 1. The minimum Gasteiger partial charge on any atom is -0.361 e. The zero-order valence-corrected chi connectivity index (χ0v) is 22.0. The van der Waals surface area contributed by atoms with Crippen molar-refractivity contribution in [3.63, 3.8) is 0 Å². The van der Waals surface area contributed by atoms with E-state index in [9.17, 15) is 0 Å². The van der Waals surface area contributed by atoms with Crippen LogP contribution in [0.5, 0.6) is 0 Å². The molecule has 0 saturated carbocycles. The van der Waals surface area contributed by atoms with Crippen molar-refractivity contribution in [3.8, 4) is 0 Å². The summed E-state index contributed by atoms with van der Waals surface area (Å²) in [5.41, 5.74) is 3.86. The summed E-state index contributed by atoms with van der Waals surface area (Å²) in [6.07, 6.45) is 3.11. The van der Waals surface area contributed by atoms with E-state index in [4.69, 9.17) is 4.99 Å². The third-order valence-corrected chi connectivity index (χ3v) is 6.00. The van der Waals surface area contributed by atoms with Gasteiger partial charge in [0.15, 0.2) is 5.96 Å². The maximum atomic E-state index is 4.85. The Morgan fingerprint density at radius 1 is 1.13 bits per heavy atom. The van der Waals surface area contributed by atoms with Gasteiger partial charge < -0.3 is 25.4 Å². The maximum Gasteiger partial charge on any atom is 0.191 e. The Morgan fingerprint density at radius 2 is 1.87 bits per heavy atom. The predicted molar refractivity (Wildman–Crippen MR) is 144 cm³/mol. The van der Waals surface area contributed by atoms with E-state index >= 15 is 0 Å². The topological polar surface area (TPSA) is 58.7 Å². The van der Waals surface area contributed by atoms with E-state index in [-0.39, 0.29) is 24.0 Å². The van der Waals surface area contributed by atoms with Crippen LogP contribution in [0.25, 0.3) is 10.9 Å². The lowest BCUT2D eigenvalue weighted by Gasteiger charge is -2.35. The molecular weight excluding hydrogens is 499 g/mol. The molecule has 6 nitrogen and oxygen atoms in total. The van der Waals surface area contributed by atoms with Crippen LogP contribution in [0.4, 0.5) is 0 Å². The van der Waals surface area contributed by atoms with Crippen LogP contribution in [0.1, 0.15) is 31.9 Å². The van der Waals surface area contributed by atoms with Gasteiger partial charge in [0, 0.05) is 69.5 Å². The predicted octanol–water partition coefficient (Wildman–Crippen LogP) is 3.47. The molecule has 1 aliphatic rings. The van der Waals surface area contributed by atoms with Gasteiger partial charge in [0.1, 0.15) is 0 Å². The fourth-order valence-electron chi connectivity index (χ4n) is 4.20. The van der Waals surface area contributed by atoms with Crippen LogP contribution in [0.15, 0.2) is 29.4 Å². The number of H-pyrrole nitrogens is 1. The van der Waals surface area contributed by atoms with Gasteiger partial charge >= 0.3 is 0 Å². The van der Waals surface area contributed by atoms with Gasteiger partial charge in [0.25, 0.3) is 0 Å². The highest BCUT2D eigenvalue weighted by atomic mass is 127. The molecule has 2 aromatic rings. The van der Waals surface area contributed by atoms with Gasteiger partial charge in [-0.05, 0) is 49.9 Å². The average Bonchev–Trinajstić information content (AvgIpc) is 3.14. The minimum atomic E-state index is 0. The van der Waals surface area contributed by atoms with Crippen molar-refractivity contribution in [2.45, 2.75) is 34.1 Å². The lowest BCUT2D eigenvalue weighted by molar-refractivity contribution is 0.125. The van der Waals surface area contributed by atoms with Crippen molar-refractivity contribution >= 4 is 40.8 Å². The van der Waals surface area contributed by atoms with Gasteiger partial charge in [-0.3, -0.25) is 4.99 Å². The number of hydrogen-bond donors (Lipinski definition) is 3. The number of aromatic nitrogens is 1. The van der Waals surface area contributed by atoms with Crippen LogP contribution in [0.3, 0.4) is 0 Å². The Hall–Kier alpha value is -1.32. The first-order valence-corrected chi connectivity index (χ1v) is 11.6. The summed E-state index contributed by atoms with van der Waals surface area (Å²) >= 11 is 0. The molecule has 3 N–H and O–H groups in total. The normalized spacial score (nSPS) is 16.8. The van der Waals surface area contributed by atoms with E-state index in [0.29, 0.717) is 5.92 Å². The quantitative estimate of drug-likeness (QED) is 0.259. The summed E-state index contributed by atoms with van der Waals surface area (Å²) in [6, 6.07) is 6.61. The van der Waals surface area contributed by atoms with Gasteiger partial charge in [0.2, 0.25) is 0 Å². The molecule has 1 fully saturated rings. The second-order valence-electron chi connectivity index (χ2n) is 8.60. The number of benzene rings is 1. The fraction of sp³-hybridized carbons (Fsp3) is 0.625. The zero-order valence-electron chi connectivity index (χ0n) is 19.7. The third kappa shape index (κ3) is 7.95. The molecule has 2 heterocycles. The number of rotatable bonds is 9. The first-order valence-electron chi connectivity index (χ1n) is 11.6. The Balaban J connectivity index is 0.00000341. The number of nitrogens with one attached hydrogen (secondary N) is 3. The third-order valence-electron chi connectivity index (χ3n) is 6.00. The van der Waals surface area contributed by atoms with Gasteiger partial charge in [0.05, 0.1) is 0 Å². The highest BCUT2D eigenvalue weighted by Gasteiger charge is 2.17. The van der Waals surface area contributed by atoms with Crippen molar-refractivity contribution in [3.05, 3.63) is 35.5 Å². The number of halogens is 1. The number of aliphatic imine (C=N–C) groups is 1. The first-order chi connectivity index (χ1) is 14.6. The zero-order chi connectivity index (χ0) is 21.3. The van der Waals surface area contributed by atoms with Crippen LogP contribution < -0.4 is 10.6 Å².